The number of anilines is 1. The van der Waals surface area contributed by atoms with Crippen LogP contribution in [0.25, 0.3) is 10.2 Å². The van der Waals surface area contributed by atoms with Crippen LogP contribution in [0.3, 0.4) is 0 Å². The summed E-state index contributed by atoms with van der Waals surface area (Å²) in [6.45, 7) is 10.1. The second kappa shape index (κ2) is 9.52. The predicted octanol–water partition coefficient (Wildman–Crippen LogP) is 4.30. The number of thiazole rings is 1. The first-order valence-electron chi connectivity index (χ1n) is 12.2. The van der Waals surface area contributed by atoms with Crippen molar-refractivity contribution in [1.29, 1.82) is 0 Å². The monoisotopic (exact) mass is 512 g/mol. The summed E-state index contributed by atoms with van der Waals surface area (Å²) in [7, 11) is -3.52. The van der Waals surface area contributed by atoms with Crippen molar-refractivity contribution in [2.45, 2.75) is 38.5 Å². The summed E-state index contributed by atoms with van der Waals surface area (Å²) in [5, 5.41) is 0.999. The first-order chi connectivity index (χ1) is 16.7. The van der Waals surface area contributed by atoms with Crippen LogP contribution >= 0.6 is 11.3 Å². The lowest BCUT2D eigenvalue weighted by molar-refractivity contribution is 0.0746. The number of hydrogen-bond donors (Lipinski definition) is 0. The Morgan fingerprint density at radius 2 is 1.69 bits per heavy atom. The molecule has 5 rings (SSSR count). The van der Waals surface area contributed by atoms with Crippen molar-refractivity contribution in [3.05, 3.63) is 53.1 Å². The number of fused-ring (bicyclic) bond motifs is 1. The number of piperazine rings is 1. The van der Waals surface area contributed by atoms with Gasteiger partial charge in [0.25, 0.3) is 5.91 Å². The van der Waals surface area contributed by atoms with E-state index in [-0.39, 0.29) is 10.8 Å². The van der Waals surface area contributed by atoms with Crippen LogP contribution in [0.5, 0.6) is 0 Å². The summed E-state index contributed by atoms with van der Waals surface area (Å²) in [6, 6.07) is 10.8. The van der Waals surface area contributed by atoms with Gasteiger partial charge in [-0.1, -0.05) is 18.3 Å². The van der Waals surface area contributed by atoms with Crippen LogP contribution in [0.1, 0.15) is 41.3 Å². The molecular weight excluding hydrogens is 480 g/mol. The minimum Gasteiger partial charge on any atom is -0.345 e. The Labute approximate surface area is 211 Å². The second-order valence-electron chi connectivity index (χ2n) is 9.81. The van der Waals surface area contributed by atoms with Gasteiger partial charge in [-0.05, 0) is 80.1 Å². The zero-order valence-corrected chi connectivity index (χ0v) is 22.2. The molecule has 0 radical (unpaired) electrons. The van der Waals surface area contributed by atoms with Crippen LogP contribution in [0.15, 0.2) is 41.3 Å². The van der Waals surface area contributed by atoms with Gasteiger partial charge in [0.1, 0.15) is 0 Å². The number of carbonyl (C=O) groups is 1. The second-order valence-corrected chi connectivity index (χ2v) is 12.8. The third-order valence-electron chi connectivity index (χ3n) is 7.19. The molecule has 35 heavy (non-hydrogen) atoms. The molecule has 0 N–H and O–H groups in total. The fourth-order valence-corrected chi connectivity index (χ4v) is 7.57. The van der Waals surface area contributed by atoms with E-state index in [1.807, 2.05) is 4.90 Å². The lowest BCUT2D eigenvalue weighted by atomic mass is 10.0. The zero-order valence-electron chi connectivity index (χ0n) is 20.5. The van der Waals surface area contributed by atoms with Gasteiger partial charge in [0, 0.05) is 44.8 Å². The van der Waals surface area contributed by atoms with Gasteiger partial charge >= 0.3 is 0 Å². The van der Waals surface area contributed by atoms with Crippen LogP contribution in [0, 0.1) is 19.8 Å². The number of hydrogen-bond acceptors (Lipinski definition) is 6. The number of rotatable bonds is 4. The lowest BCUT2D eigenvalue weighted by Gasteiger charge is -2.34. The van der Waals surface area contributed by atoms with E-state index >= 15 is 0 Å². The van der Waals surface area contributed by atoms with E-state index in [1.54, 1.807) is 39.9 Å². The molecule has 1 unspecified atom stereocenters. The van der Waals surface area contributed by atoms with Gasteiger partial charge in [0.15, 0.2) is 5.13 Å². The topological polar surface area (TPSA) is 73.8 Å². The molecule has 1 atom stereocenters. The van der Waals surface area contributed by atoms with Crippen molar-refractivity contribution < 1.29 is 13.2 Å². The van der Waals surface area contributed by atoms with Gasteiger partial charge in [0.05, 0.1) is 15.1 Å². The molecular formula is C26H32N4O3S2. The fraction of sp³-hybridized carbons (Fsp3) is 0.462. The standard InChI is InChI=1S/C26H32N4O3S2/c1-18-5-4-10-30(17-18)35(32,33)22-8-6-21(7-9-22)25(31)28-11-13-29(14-12-28)26-27-23-15-19(2)20(3)16-24(23)34-26/h6-9,15-16,18H,4-5,10-14,17H2,1-3H3. The number of amides is 1. The number of benzene rings is 2. The molecule has 0 aliphatic carbocycles. The summed E-state index contributed by atoms with van der Waals surface area (Å²) in [4.78, 5) is 22.3. The van der Waals surface area contributed by atoms with Gasteiger partial charge in [-0.25, -0.2) is 13.4 Å². The van der Waals surface area contributed by atoms with Crippen molar-refractivity contribution >= 4 is 42.6 Å². The maximum atomic E-state index is 13.1. The van der Waals surface area contributed by atoms with Crippen molar-refractivity contribution in [3.63, 3.8) is 0 Å². The quantitative estimate of drug-likeness (QED) is 0.521. The Morgan fingerprint density at radius 1 is 1.00 bits per heavy atom. The van der Waals surface area contributed by atoms with E-state index in [9.17, 15) is 13.2 Å². The molecule has 2 aliphatic heterocycles. The first kappa shape index (κ1) is 24.2. The number of piperidine rings is 1. The highest BCUT2D eigenvalue weighted by Crippen LogP contribution is 2.31. The Morgan fingerprint density at radius 3 is 2.37 bits per heavy atom. The molecule has 2 aliphatic rings. The van der Waals surface area contributed by atoms with E-state index in [0.29, 0.717) is 37.7 Å². The average Bonchev–Trinajstić information content (AvgIpc) is 3.26. The Bertz CT molecular complexity index is 1300. The number of aromatic nitrogens is 1. The molecule has 3 aromatic rings. The molecule has 2 aromatic carbocycles. The summed E-state index contributed by atoms with van der Waals surface area (Å²) < 4.78 is 28.8. The first-order valence-corrected chi connectivity index (χ1v) is 14.5. The van der Waals surface area contributed by atoms with Crippen LogP contribution in [-0.2, 0) is 10.0 Å². The molecule has 0 spiro atoms. The van der Waals surface area contributed by atoms with Gasteiger partial charge in [0.2, 0.25) is 10.0 Å². The van der Waals surface area contributed by atoms with Crippen molar-refractivity contribution in [3.8, 4) is 0 Å². The number of carbonyl (C=O) groups excluding carboxylic acids is 1. The molecule has 7 nitrogen and oxygen atoms in total. The Hall–Kier alpha value is -2.49. The van der Waals surface area contributed by atoms with E-state index < -0.39 is 10.0 Å². The van der Waals surface area contributed by atoms with E-state index in [1.165, 1.54) is 15.8 Å². The van der Waals surface area contributed by atoms with E-state index in [2.05, 4.69) is 37.8 Å². The normalized spacial score (nSPS) is 19.9. The van der Waals surface area contributed by atoms with Gasteiger partial charge in [-0.3, -0.25) is 4.79 Å². The van der Waals surface area contributed by atoms with Crippen LogP contribution < -0.4 is 4.90 Å². The van der Waals surface area contributed by atoms with Gasteiger partial charge < -0.3 is 9.80 Å². The Balaban J connectivity index is 1.23. The van der Waals surface area contributed by atoms with Crippen LogP contribution in [-0.4, -0.2) is 67.8 Å². The molecule has 3 heterocycles. The SMILES string of the molecule is Cc1cc2nc(N3CCN(C(=O)c4ccc(S(=O)(=O)N5CCCC(C)C5)cc4)CC3)sc2cc1C. The van der Waals surface area contributed by atoms with Crippen LogP contribution in [0.2, 0.25) is 0 Å². The molecule has 0 bridgehead atoms. The summed E-state index contributed by atoms with van der Waals surface area (Å²) in [6.07, 6.45) is 1.95. The van der Waals surface area contributed by atoms with Crippen LogP contribution in [0.4, 0.5) is 5.13 Å². The number of aryl methyl sites for hydroxylation is 2. The maximum Gasteiger partial charge on any atom is 0.253 e. The fourth-order valence-electron chi connectivity index (χ4n) is 4.87. The molecule has 0 saturated carbocycles. The third-order valence-corrected chi connectivity index (χ3v) is 10.1. The minimum atomic E-state index is -3.52. The molecule has 2 fully saturated rings. The third kappa shape index (κ3) is 4.81. The summed E-state index contributed by atoms with van der Waals surface area (Å²) in [5.74, 6) is 0.310. The van der Waals surface area contributed by atoms with Crippen molar-refractivity contribution in [2.75, 3.05) is 44.2 Å². The zero-order chi connectivity index (χ0) is 24.7. The highest BCUT2D eigenvalue weighted by molar-refractivity contribution is 7.89. The lowest BCUT2D eigenvalue weighted by Crippen LogP contribution is -2.48. The highest BCUT2D eigenvalue weighted by Gasteiger charge is 2.29. The molecule has 2 saturated heterocycles. The van der Waals surface area contributed by atoms with Gasteiger partial charge in [-0.15, -0.1) is 0 Å². The predicted molar refractivity (Wildman–Crippen MR) is 141 cm³/mol. The largest absolute Gasteiger partial charge is 0.345 e. The van der Waals surface area contributed by atoms with E-state index in [4.69, 9.17) is 4.98 Å². The molecule has 9 heteroatoms. The number of sulfonamides is 1. The molecule has 1 amide bonds. The number of nitrogens with zero attached hydrogens (tertiary/aromatic N) is 4. The average molecular weight is 513 g/mol. The summed E-state index contributed by atoms with van der Waals surface area (Å²) in [5.41, 5.74) is 4.07. The minimum absolute atomic E-state index is 0.0595. The highest BCUT2D eigenvalue weighted by atomic mass is 32.2. The smallest absolute Gasteiger partial charge is 0.253 e. The maximum absolute atomic E-state index is 13.1. The van der Waals surface area contributed by atoms with Gasteiger partial charge in [-0.2, -0.15) is 4.31 Å². The molecule has 186 valence electrons. The van der Waals surface area contributed by atoms with Crippen molar-refractivity contribution in [2.24, 2.45) is 5.92 Å². The van der Waals surface area contributed by atoms with Crippen molar-refractivity contribution in [1.82, 2.24) is 14.2 Å². The molecule has 1 aromatic heterocycles. The Kier molecular flexibility index (Phi) is 6.59. The van der Waals surface area contributed by atoms with E-state index in [0.717, 1.165) is 36.6 Å². The summed E-state index contributed by atoms with van der Waals surface area (Å²) >= 11 is 1.70.